The zero-order chi connectivity index (χ0) is 14.1. The SMILES string of the molecule is CC(C)Nc1ccc2c(c1)CC[C@H]1CCN(C)C[C@@H]1C2. The maximum Gasteiger partial charge on any atom is 0.0345 e. The largest absolute Gasteiger partial charge is 0.383 e. The Labute approximate surface area is 123 Å². The summed E-state index contributed by atoms with van der Waals surface area (Å²) in [5, 5.41) is 3.54. The molecule has 2 nitrogen and oxygen atoms in total. The monoisotopic (exact) mass is 272 g/mol. The van der Waals surface area contributed by atoms with Gasteiger partial charge in [-0.1, -0.05) is 6.07 Å². The molecule has 2 atom stereocenters. The minimum atomic E-state index is 0.509. The number of rotatable bonds is 2. The molecule has 1 aromatic carbocycles. The van der Waals surface area contributed by atoms with E-state index in [1.54, 1.807) is 11.1 Å². The summed E-state index contributed by atoms with van der Waals surface area (Å²) in [4.78, 5) is 2.51. The molecule has 110 valence electrons. The molecule has 1 N–H and O–H groups in total. The normalized spacial score (nSPS) is 26.8. The number of aryl methyl sites for hydroxylation is 1. The summed E-state index contributed by atoms with van der Waals surface area (Å²) in [6.07, 6.45) is 5.34. The van der Waals surface area contributed by atoms with Crippen LogP contribution in [-0.4, -0.2) is 31.1 Å². The summed E-state index contributed by atoms with van der Waals surface area (Å²) < 4.78 is 0. The lowest BCUT2D eigenvalue weighted by atomic mass is 9.81. The van der Waals surface area contributed by atoms with E-state index in [1.165, 1.54) is 44.5 Å². The van der Waals surface area contributed by atoms with E-state index in [1.807, 2.05) is 0 Å². The molecule has 2 aliphatic rings. The van der Waals surface area contributed by atoms with Crippen LogP contribution in [0.1, 0.15) is 37.8 Å². The third-order valence-electron chi connectivity index (χ3n) is 5.02. The summed E-state index contributed by atoms with van der Waals surface area (Å²) in [7, 11) is 2.28. The van der Waals surface area contributed by atoms with Gasteiger partial charge in [0.05, 0.1) is 0 Å². The van der Waals surface area contributed by atoms with Gasteiger partial charge in [-0.25, -0.2) is 0 Å². The fourth-order valence-electron chi connectivity index (χ4n) is 3.98. The third-order valence-corrected chi connectivity index (χ3v) is 5.02. The van der Waals surface area contributed by atoms with Gasteiger partial charge in [-0.2, -0.15) is 0 Å². The smallest absolute Gasteiger partial charge is 0.0345 e. The maximum atomic E-state index is 3.54. The van der Waals surface area contributed by atoms with Crippen molar-refractivity contribution in [2.75, 3.05) is 25.5 Å². The van der Waals surface area contributed by atoms with Gasteiger partial charge in [0.1, 0.15) is 0 Å². The predicted molar refractivity (Wildman–Crippen MR) is 86.3 cm³/mol. The number of benzene rings is 1. The quantitative estimate of drug-likeness (QED) is 0.885. The molecule has 0 saturated carbocycles. The highest BCUT2D eigenvalue weighted by atomic mass is 15.1. The van der Waals surface area contributed by atoms with Crippen molar-refractivity contribution < 1.29 is 0 Å². The van der Waals surface area contributed by atoms with E-state index in [0.29, 0.717) is 6.04 Å². The molecule has 3 rings (SSSR count). The predicted octanol–water partition coefficient (Wildman–Crippen LogP) is 3.56. The second-order valence-corrected chi connectivity index (χ2v) is 7.10. The number of anilines is 1. The van der Waals surface area contributed by atoms with Crippen LogP contribution in [-0.2, 0) is 12.8 Å². The molecular weight excluding hydrogens is 244 g/mol. The number of hydrogen-bond acceptors (Lipinski definition) is 2. The molecule has 1 fully saturated rings. The van der Waals surface area contributed by atoms with Crippen molar-refractivity contribution in [3.8, 4) is 0 Å². The molecule has 20 heavy (non-hydrogen) atoms. The second kappa shape index (κ2) is 5.77. The summed E-state index contributed by atoms with van der Waals surface area (Å²) in [6, 6.07) is 7.55. The van der Waals surface area contributed by atoms with E-state index in [0.717, 1.165) is 11.8 Å². The molecular formula is C18H28N2. The van der Waals surface area contributed by atoms with Gasteiger partial charge in [-0.3, -0.25) is 0 Å². The molecule has 1 aliphatic heterocycles. The molecule has 0 spiro atoms. The zero-order valence-electron chi connectivity index (χ0n) is 13.2. The average Bonchev–Trinajstić information content (AvgIpc) is 2.56. The van der Waals surface area contributed by atoms with Gasteiger partial charge < -0.3 is 10.2 Å². The van der Waals surface area contributed by atoms with Gasteiger partial charge >= 0.3 is 0 Å². The Balaban J connectivity index is 1.80. The summed E-state index contributed by atoms with van der Waals surface area (Å²) >= 11 is 0. The van der Waals surface area contributed by atoms with Crippen molar-refractivity contribution in [3.05, 3.63) is 29.3 Å². The van der Waals surface area contributed by atoms with Gasteiger partial charge in [-0.05, 0) is 88.2 Å². The Morgan fingerprint density at radius 1 is 1.15 bits per heavy atom. The first-order valence-corrected chi connectivity index (χ1v) is 8.18. The molecule has 0 bridgehead atoms. The van der Waals surface area contributed by atoms with Crippen LogP contribution in [0.4, 0.5) is 5.69 Å². The van der Waals surface area contributed by atoms with Gasteiger partial charge in [0, 0.05) is 18.3 Å². The van der Waals surface area contributed by atoms with Crippen molar-refractivity contribution >= 4 is 5.69 Å². The van der Waals surface area contributed by atoms with Gasteiger partial charge in [-0.15, -0.1) is 0 Å². The zero-order valence-corrected chi connectivity index (χ0v) is 13.2. The maximum absolute atomic E-state index is 3.54. The first-order chi connectivity index (χ1) is 9.61. The van der Waals surface area contributed by atoms with Crippen molar-refractivity contribution in [1.82, 2.24) is 4.90 Å². The Kier molecular flexibility index (Phi) is 4.02. The van der Waals surface area contributed by atoms with Crippen LogP contribution in [0.2, 0.25) is 0 Å². The Bertz CT molecular complexity index is 466. The van der Waals surface area contributed by atoms with Crippen molar-refractivity contribution in [2.24, 2.45) is 11.8 Å². The third kappa shape index (κ3) is 3.01. The molecule has 0 unspecified atom stereocenters. The highest BCUT2D eigenvalue weighted by Crippen LogP contribution is 2.35. The lowest BCUT2D eigenvalue weighted by Crippen LogP contribution is -2.38. The number of piperidine rings is 1. The lowest BCUT2D eigenvalue weighted by molar-refractivity contribution is 0.140. The van der Waals surface area contributed by atoms with E-state index in [9.17, 15) is 0 Å². The minimum Gasteiger partial charge on any atom is -0.383 e. The molecule has 2 heteroatoms. The van der Waals surface area contributed by atoms with Crippen LogP contribution in [0.3, 0.4) is 0 Å². The van der Waals surface area contributed by atoms with Crippen molar-refractivity contribution in [3.63, 3.8) is 0 Å². The summed E-state index contributed by atoms with van der Waals surface area (Å²) in [6.45, 7) is 6.99. The van der Waals surface area contributed by atoms with Crippen molar-refractivity contribution in [1.29, 1.82) is 0 Å². The molecule has 1 aliphatic carbocycles. The van der Waals surface area contributed by atoms with Crippen LogP contribution in [0, 0.1) is 11.8 Å². The molecule has 0 radical (unpaired) electrons. The standard InChI is InChI=1S/C18H28N2/c1-13(2)19-18-7-6-15-10-17-12-20(3)9-8-14(17)4-5-16(15)11-18/h6-7,11,13-14,17,19H,4-5,8-10,12H2,1-3H3/t14-,17-/m0/s1. The van der Waals surface area contributed by atoms with E-state index >= 15 is 0 Å². The van der Waals surface area contributed by atoms with Crippen LogP contribution < -0.4 is 5.32 Å². The van der Waals surface area contributed by atoms with Gasteiger partial charge in [0.15, 0.2) is 0 Å². The van der Waals surface area contributed by atoms with Crippen LogP contribution in [0.15, 0.2) is 18.2 Å². The Hall–Kier alpha value is -1.02. The van der Waals surface area contributed by atoms with E-state index in [-0.39, 0.29) is 0 Å². The fraction of sp³-hybridized carbons (Fsp3) is 0.667. The summed E-state index contributed by atoms with van der Waals surface area (Å²) in [5.41, 5.74) is 4.48. The van der Waals surface area contributed by atoms with Crippen LogP contribution in [0.25, 0.3) is 0 Å². The van der Waals surface area contributed by atoms with E-state index < -0.39 is 0 Å². The fourth-order valence-corrected chi connectivity index (χ4v) is 3.98. The van der Waals surface area contributed by atoms with Crippen LogP contribution in [0.5, 0.6) is 0 Å². The summed E-state index contributed by atoms with van der Waals surface area (Å²) in [5.74, 6) is 1.82. The molecule has 0 amide bonds. The number of nitrogens with one attached hydrogen (secondary N) is 1. The number of hydrogen-bond donors (Lipinski definition) is 1. The Morgan fingerprint density at radius 2 is 2.00 bits per heavy atom. The topological polar surface area (TPSA) is 15.3 Å². The van der Waals surface area contributed by atoms with E-state index in [4.69, 9.17) is 0 Å². The molecule has 1 heterocycles. The lowest BCUT2D eigenvalue weighted by Gasteiger charge is -2.35. The first-order valence-electron chi connectivity index (χ1n) is 8.18. The van der Waals surface area contributed by atoms with Crippen LogP contribution >= 0.6 is 0 Å². The number of nitrogens with zero attached hydrogens (tertiary/aromatic N) is 1. The molecule has 1 saturated heterocycles. The van der Waals surface area contributed by atoms with Gasteiger partial charge in [0.2, 0.25) is 0 Å². The van der Waals surface area contributed by atoms with Gasteiger partial charge in [0.25, 0.3) is 0 Å². The van der Waals surface area contributed by atoms with Crippen molar-refractivity contribution in [2.45, 2.75) is 45.6 Å². The highest BCUT2D eigenvalue weighted by molar-refractivity contribution is 5.49. The molecule has 0 aromatic heterocycles. The van der Waals surface area contributed by atoms with E-state index in [2.05, 4.69) is 49.3 Å². The average molecular weight is 272 g/mol. The minimum absolute atomic E-state index is 0.509. The Morgan fingerprint density at radius 3 is 2.80 bits per heavy atom. The molecule has 1 aromatic rings. The number of fused-ring (bicyclic) bond motifs is 2. The second-order valence-electron chi connectivity index (χ2n) is 7.10. The number of likely N-dealkylation sites (tertiary alicyclic amines) is 1. The highest BCUT2D eigenvalue weighted by Gasteiger charge is 2.30. The first kappa shape index (κ1) is 13.9.